The number of anilines is 3. The summed E-state index contributed by atoms with van der Waals surface area (Å²) in [7, 11) is 0. The minimum atomic E-state index is -0.336. The van der Waals surface area contributed by atoms with Gasteiger partial charge >= 0.3 is 0 Å². The Kier molecular flexibility index (Phi) is 5.81. The van der Waals surface area contributed by atoms with Crippen LogP contribution >= 0.6 is 27.7 Å². The molecule has 0 spiro atoms. The highest BCUT2D eigenvalue weighted by molar-refractivity contribution is 9.10. The summed E-state index contributed by atoms with van der Waals surface area (Å²) < 4.78 is 14.5. The van der Waals surface area contributed by atoms with Crippen molar-refractivity contribution in [3.8, 4) is 0 Å². The van der Waals surface area contributed by atoms with E-state index < -0.39 is 0 Å². The quantitative estimate of drug-likeness (QED) is 0.571. The summed E-state index contributed by atoms with van der Waals surface area (Å²) in [6.45, 7) is 2.91. The van der Waals surface area contributed by atoms with Crippen molar-refractivity contribution in [1.29, 1.82) is 0 Å². The van der Waals surface area contributed by atoms with Crippen LogP contribution in [0.3, 0.4) is 0 Å². The average molecular weight is 371 g/mol. The van der Waals surface area contributed by atoms with Gasteiger partial charge in [-0.05, 0) is 40.7 Å². The second-order valence-electron chi connectivity index (χ2n) is 4.27. The Morgan fingerprint density at radius 3 is 2.71 bits per heavy atom. The van der Waals surface area contributed by atoms with Crippen molar-refractivity contribution in [3.63, 3.8) is 0 Å². The SMILES string of the molecule is CCCNc1cc(Nc2c(F)cccc2Br)nc(SC)n1. The fourth-order valence-corrected chi connectivity index (χ4v) is 2.49. The zero-order valence-corrected chi connectivity index (χ0v) is 14.2. The first kappa shape index (κ1) is 16.0. The zero-order chi connectivity index (χ0) is 15.2. The Balaban J connectivity index is 2.30. The Morgan fingerprint density at radius 2 is 2.05 bits per heavy atom. The van der Waals surface area contributed by atoms with Crippen LogP contribution in [0.15, 0.2) is 33.9 Å². The first-order valence-corrected chi connectivity index (χ1v) is 8.53. The van der Waals surface area contributed by atoms with E-state index in [2.05, 4.69) is 43.5 Å². The van der Waals surface area contributed by atoms with Crippen molar-refractivity contribution in [2.24, 2.45) is 0 Å². The van der Waals surface area contributed by atoms with Crippen LogP contribution in [0.4, 0.5) is 21.7 Å². The fourth-order valence-electron chi connectivity index (χ4n) is 1.67. The summed E-state index contributed by atoms with van der Waals surface area (Å²) in [6.07, 6.45) is 2.90. The normalized spacial score (nSPS) is 10.5. The highest BCUT2D eigenvalue weighted by Crippen LogP contribution is 2.29. The molecule has 1 aromatic carbocycles. The fraction of sp³-hybridized carbons (Fsp3) is 0.286. The lowest BCUT2D eigenvalue weighted by molar-refractivity contribution is 0.631. The Labute approximate surface area is 136 Å². The molecule has 1 heterocycles. The Hall–Kier alpha value is -1.34. The van der Waals surface area contributed by atoms with Crippen LogP contribution in [0.5, 0.6) is 0 Å². The summed E-state index contributed by atoms with van der Waals surface area (Å²) in [5, 5.41) is 6.85. The van der Waals surface area contributed by atoms with Gasteiger partial charge in [-0.3, -0.25) is 0 Å². The molecule has 0 radical (unpaired) electrons. The van der Waals surface area contributed by atoms with E-state index in [0.29, 0.717) is 21.1 Å². The number of thioether (sulfide) groups is 1. The lowest BCUT2D eigenvalue weighted by atomic mass is 10.3. The Bertz CT molecular complexity index is 604. The van der Waals surface area contributed by atoms with E-state index in [1.54, 1.807) is 18.2 Å². The molecule has 2 rings (SSSR count). The number of hydrogen-bond donors (Lipinski definition) is 2. The lowest BCUT2D eigenvalue weighted by Gasteiger charge is -2.12. The summed E-state index contributed by atoms with van der Waals surface area (Å²) in [4.78, 5) is 8.72. The highest BCUT2D eigenvalue weighted by atomic mass is 79.9. The summed E-state index contributed by atoms with van der Waals surface area (Å²) >= 11 is 4.78. The van der Waals surface area contributed by atoms with Crippen LogP contribution in [-0.4, -0.2) is 22.8 Å². The smallest absolute Gasteiger partial charge is 0.191 e. The number of nitrogens with zero attached hydrogens (tertiary/aromatic N) is 2. The average Bonchev–Trinajstić information content (AvgIpc) is 2.49. The van der Waals surface area contributed by atoms with Crippen LogP contribution in [0.2, 0.25) is 0 Å². The molecule has 4 nitrogen and oxygen atoms in total. The molecule has 7 heteroatoms. The van der Waals surface area contributed by atoms with Gasteiger partial charge in [0.05, 0.1) is 5.69 Å². The van der Waals surface area contributed by atoms with Gasteiger partial charge in [-0.15, -0.1) is 0 Å². The van der Waals surface area contributed by atoms with Crippen molar-refractivity contribution in [3.05, 3.63) is 34.6 Å². The van der Waals surface area contributed by atoms with E-state index in [1.165, 1.54) is 17.8 Å². The van der Waals surface area contributed by atoms with Crippen molar-refractivity contribution >= 4 is 45.0 Å². The maximum absolute atomic E-state index is 13.9. The molecule has 0 amide bonds. The summed E-state index contributed by atoms with van der Waals surface area (Å²) in [5.41, 5.74) is 0.365. The summed E-state index contributed by atoms with van der Waals surface area (Å²) in [5.74, 6) is 0.946. The third-order valence-corrected chi connectivity index (χ3v) is 3.87. The second-order valence-corrected chi connectivity index (χ2v) is 5.90. The standard InChI is InChI=1S/C14H16BrFN4S/c1-3-7-17-11-8-12(20-14(19-11)21-2)18-13-9(15)5-4-6-10(13)16/h4-6,8H,3,7H2,1-2H3,(H2,17,18,19,20). The van der Waals surface area contributed by atoms with Gasteiger partial charge in [-0.2, -0.15) is 0 Å². The van der Waals surface area contributed by atoms with E-state index >= 15 is 0 Å². The van der Waals surface area contributed by atoms with Gasteiger partial charge in [0.15, 0.2) is 5.16 Å². The number of rotatable bonds is 6. The topological polar surface area (TPSA) is 49.8 Å². The lowest BCUT2D eigenvalue weighted by Crippen LogP contribution is -2.05. The van der Waals surface area contributed by atoms with Crippen molar-refractivity contribution in [2.75, 3.05) is 23.4 Å². The first-order valence-electron chi connectivity index (χ1n) is 6.52. The van der Waals surface area contributed by atoms with Gasteiger partial charge in [0.2, 0.25) is 0 Å². The van der Waals surface area contributed by atoms with Crippen LogP contribution < -0.4 is 10.6 Å². The van der Waals surface area contributed by atoms with Crippen LogP contribution in [0.25, 0.3) is 0 Å². The van der Waals surface area contributed by atoms with Gasteiger partial charge in [0.25, 0.3) is 0 Å². The number of hydrogen-bond acceptors (Lipinski definition) is 5. The van der Waals surface area contributed by atoms with E-state index in [1.807, 2.05) is 6.26 Å². The molecule has 0 saturated carbocycles. The third kappa shape index (κ3) is 4.31. The number of nitrogens with one attached hydrogen (secondary N) is 2. The van der Waals surface area contributed by atoms with Crippen LogP contribution in [-0.2, 0) is 0 Å². The molecule has 0 atom stereocenters. The maximum Gasteiger partial charge on any atom is 0.191 e. The van der Waals surface area contributed by atoms with Crippen LogP contribution in [0, 0.1) is 5.82 Å². The van der Waals surface area contributed by atoms with Crippen molar-refractivity contribution < 1.29 is 4.39 Å². The molecule has 2 N–H and O–H groups in total. The number of halogens is 2. The second kappa shape index (κ2) is 7.61. The van der Waals surface area contributed by atoms with E-state index in [0.717, 1.165) is 18.8 Å². The molecule has 0 bridgehead atoms. The molecular formula is C14H16BrFN4S. The molecule has 0 unspecified atom stereocenters. The first-order chi connectivity index (χ1) is 10.1. The largest absolute Gasteiger partial charge is 0.370 e. The van der Waals surface area contributed by atoms with E-state index in [4.69, 9.17) is 0 Å². The van der Waals surface area contributed by atoms with Gasteiger partial charge in [0.1, 0.15) is 17.5 Å². The predicted molar refractivity (Wildman–Crippen MR) is 90.0 cm³/mol. The molecule has 2 aromatic rings. The predicted octanol–water partition coefficient (Wildman–Crippen LogP) is 4.67. The highest BCUT2D eigenvalue weighted by Gasteiger charge is 2.09. The van der Waals surface area contributed by atoms with Crippen molar-refractivity contribution in [1.82, 2.24) is 9.97 Å². The number of aromatic nitrogens is 2. The maximum atomic E-state index is 13.9. The molecule has 112 valence electrons. The monoisotopic (exact) mass is 370 g/mol. The Morgan fingerprint density at radius 1 is 1.29 bits per heavy atom. The van der Waals surface area contributed by atoms with Crippen LogP contribution in [0.1, 0.15) is 13.3 Å². The molecule has 0 fully saturated rings. The molecule has 0 saturated heterocycles. The summed E-state index contributed by atoms with van der Waals surface area (Å²) in [6, 6.07) is 6.60. The molecule has 0 aliphatic rings. The minimum absolute atomic E-state index is 0.336. The third-order valence-electron chi connectivity index (χ3n) is 2.66. The van der Waals surface area contributed by atoms with Gasteiger partial charge in [0, 0.05) is 17.1 Å². The van der Waals surface area contributed by atoms with E-state index in [9.17, 15) is 4.39 Å². The van der Waals surface area contributed by atoms with Gasteiger partial charge < -0.3 is 10.6 Å². The molecule has 21 heavy (non-hydrogen) atoms. The molecule has 0 aliphatic carbocycles. The van der Waals surface area contributed by atoms with Gasteiger partial charge in [-0.25, -0.2) is 14.4 Å². The van der Waals surface area contributed by atoms with Crippen molar-refractivity contribution in [2.45, 2.75) is 18.5 Å². The minimum Gasteiger partial charge on any atom is -0.370 e. The number of benzene rings is 1. The molecule has 0 aliphatic heterocycles. The molecule has 1 aromatic heterocycles. The van der Waals surface area contributed by atoms with Gasteiger partial charge in [-0.1, -0.05) is 24.8 Å². The zero-order valence-electron chi connectivity index (χ0n) is 11.8. The van der Waals surface area contributed by atoms with E-state index in [-0.39, 0.29) is 5.82 Å². The number of para-hydroxylation sites is 1. The molecular weight excluding hydrogens is 355 g/mol.